The van der Waals surface area contributed by atoms with Gasteiger partial charge in [-0.1, -0.05) is 29.3 Å². The fourth-order valence-corrected chi connectivity index (χ4v) is 1.87. The molecule has 0 unspecified atom stereocenters. The maximum atomic E-state index is 11.8. The van der Waals surface area contributed by atoms with Crippen LogP contribution in [-0.4, -0.2) is 21.2 Å². The van der Waals surface area contributed by atoms with E-state index in [1.807, 2.05) is 0 Å². The number of benzene rings is 1. The smallest absolute Gasteiger partial charge is 0.208 e. The largest absolute Gasteiger partial charge is 0.287 e. The molecule has 0 fully saturated rings. The van der Waals surface area contributed by atoms with E-state index < -0.39 is 0 Å². The third-order valence-corrected chi connectivity index (χ3v) is 2.89. The van der Waals surface area contributed by atoms with Crippen molar-refractivity contribution in [1.29, 1.82) is 0 Å². The van der Waals surface area contributed by atoms with Crippen molar-refractivity contribution in [2.75, 3.05) is 0 Å². The van der Waals surface area contributed by atoms with Crippen LogP contribution in [0.1, 0.15) is 21.7 Å². The molecule has 0 saturated heterocycles. The van der Waals surface area contributed by atoms with E-state index in [1.165, 1.54) is 6.08 Å². The van der Waals surface area contributed by atoms with Crippen molar-refractivity contribution < 1.29 is 4.79 Å². The van der Waals surface area contributed by atoms with Gasteiger partial charge in [-0.3, -0.25) is 4.79 Å². The minimum Gasteiger partial charge on any atom is -0.287 e. The van der Waals surface area contributed by atoms with Gasteiger partial charge in [0.2, 0.25) is 5.78 Å². The number of aromatic amines is 1. The third kappa shape index (κ3) is 2.78. The Bertz CT molecular complexity index is 620. The molecule has 4 nitrogen and oxygen atoms in total. The number of rotatable bonds is 3. The molecule has 1 heterocycles. The fourth-order valence-electron chi connectivity index (χ4n) is 1.40. The second-order valence-corrected chi connectivity index (χ2v) is 4.46. The van der Waals surface area contributed by atoms with E-state index >= 15 is 0 Å². The molecule has 0 amide bonds. The Morgan fingerprint density at radius 2 is 2.11 bits per heavy atom. The first-order valence-electron chi connectivity index (χ1n) is 5.13. The number of aryl methyl sites for hydroxylation is 1. The highest BCUT2D eigenvalue weighted by atomic mass is 35.5. The number of aromatic nitrogens is 3. The second-order valence-electron chi connectivity index (χ2n) is 3.62. The maximum Gasteiger partial charge on any atom is 0.208 e. The van der Waals surface area contributed by atoms with Gasteiger partial charge in [0.15, 0.2) is 5.69 Å². The van der Waals surface area contributed by atoms with Crippen molar-refractivity contribution in [1.82, 2.24) is 15.4 Å². The van der Waals surface area contributed by atoms with Crippen LogP contribution in [0.15, 0.2) is 24.3 Å². The van der Waals surface area contributed by atoms with E-state index in [-0.39, 0.29) is 5.78 Å². The van der Waals surface area contributed by atoms with Gasteiger partial charge in [-0.25, -0.2) is 0 Å². The first-order chi connectivity index (χ1) is 8.58. The zero-order valence-corrected chi connectivity index (χ0v) is 11.0. The molecule has 0 atom stereocenters. The van der Waals surface area contributed by atoms with Crippen LogP contribution < -0.4 is 0 Å². The number of carbonyl (C=O) groups is 1. The topological polar surface area (TPSA) is 58.6 Å². The van der Waals surface area contributed by atoms with Gasteiger partial charge in [0, 0.05) is 10.0 Å². The summed E-state index contributed by atoms with van der Waals surface area (Å²) in [5.74, 6) is -0.229. The molecule has 2 aromatic rings. The van der Waals surface area contributed by atoms with Crippen LogP contribution in [0.3, 0.4) is 0 Å². The van der Waals surface area contributed by atoms with Gasteiger partial charge in [-0.2, -0.15) is 15.4 Å². The Balaban J connectivity index is 2.21. The zero-order valence-electron chi connectivity index (χ0n) is 9.45. The highest BCUT2D eigenvalue weighted by Crippen LogP contribution is 2.22. The van der Waals surface area contributed by atoms with E-state index in [2.05, 4.69) is 15.4 Å². The highest BCUT2D eigenvalue weighted by molar-refractivity contribution is 6.35. The SMILES string of the molecule is Cc1n[nH]nc1C(=O)/C=C/c1ccc(Cl)cc1Cl. The molecule has 0 bridgehead atoms. The third-order valence-electron chi connectivity index (χ3n) is 2.33. The summed E-state index contributed by atoms with van der Waals surface area (Å²) in [4.78, 5) is 11.8. The van der Waals surface area contributed by atoms with Gasteiger partial charge in [0.25, 0.3) is 0 Å². The lowest BCUT2D eigenvalue weighted by molar-refractivity contribution is 0.104. The van der Waals surface area contributed by atoms with Crippen molar-refractivity contribution in [3.05, 3.63) is 51.3 Å². The lowest BCUT2D eigenvalue weighted by Crippen LogP contribution is -1.97. The summed E-state index contributed by atoms with van der Waals surface area (Å²) in [6, 6.07) is 5.07. The van der Waals surface area contributed by atoms with Gasteiger partial charge in [-0.05, 0) is 36.8 Å². The molecular formula is C12H9Cl2N3O. The molecule has 0 spiro atoms. The van der Waals surface area contributed by atoms with Crippen molar-refractivity contribution in [2.24, 2.45) is 0 Å². The standard InChI is InChI=1S/C12H9Cl2N3O/c1-7-12(16-17-15-7)11(18)5-3-8-2-4-9(13)6-10(8)14/h2-6H,1H3,(H,15,16,17)/b5-3+. The van der Waals surface area contributed by atoms with Crippen LogP contribution in [0.25, 0.3) is 6.08 Å². The van der Waals surface area contributed by atoms with Crippen LogP contribution in [0.5, 0.6) is 0 Å². The molecule has 0 radical (unpaired) electrons. The molecule has 0 saturated carbocycles. The Morgan fingerprint density at radius 3 is 2.72 bits per heavy atom. The van der Waals surface area contributed by atoms with Crippen molar-refractivity contribution >= 4 is 35.1 Å². The van der Waals surface area contributed by atoms with Crippen LogP contribution >= 0.6 is 23.2 Å². The van der Waals surface area contributed by atoms with E-state index in [4.69, 9.17) is 23.2 Å². The molecule has 1 N–H and O–H groups in total. The fraction of sp³-hybridized carbons (Fsp3) is 0.0833. The summed E-state index contributed by atoms with van der Waals surface area (Å²) in [5, 5.41) is 11.0. The molecule has 1 aromatic carbocycles. The van der Waals surface area contributed by atoms with Gasteiger partial charge in [-0.15, -0.1) is 0 Å². The molecule has 92 valence electrons. The predicted molar refractivity (Wildman–Crippen MR) is 70.9 cm³/mol. The number of nitrogens with one attached hydrogen (secondary N) is 1. The molecular weight excluding hydrogens is 273 g/mol. The summed E-state index contributed by atoms with van der Waals surface area (Å²) in [6.45, 7) is 1.71. The second kappa shape index (κ2) is 5.33. The highest BCUT2D eigenvalue weighted by Gasteiger charge is 2.09. The average Bonchev–Trinajstić information content (AvgIpc) is 2.74. The number of hydrogen-bond acceptors (Lipinski definition) is 3. The van der Waals surface area contributed by atoms with Crippen LogP contribution in [0.2, 0.25) is 10.0 Å². The Labute approximate surface area is 114 Å². The Kier molecular flexibility index (Phi) is 3.79. The minimum absolute atomic E-state index is 0.229. The molecule has 1 aromatic heterocycles. The van der Waals surface area contributed by atoms with Crippen molar-refractivity contribution in [2.45, 2.75) is 6.92 Å². The normalized spacial score (nSPS) is 11.1. The first kappa shape index (κ1) is 12.8. The van der Waals surface area contributed by atoms with E-state index in [0.29, 0.717) is 21.4 Å². The number of ketones is 1. The van der Waals surface area contributed by atoms with Crippen LogP contribution in [-0.2, 0) is 0 Å². The molecule has 0 aliphatic rings. The molecule has 2 rings (SSSR count). The number of halogens is 2. The monoisotopic (exact) mass is 281 g/mol. The average molecular weight is 282 g/mol. The molecule has 6 heteroatoms. The molecule has 0 aliphatic carbocycles. The molecule has 18 heavy (non-hydrogen) atoms. The predicted octanol–water partition coefficient (Wildman–Crippen LogP) is 3.32. The van der Waals surface area contributed by atoms with E-state index in [0.717, 1.165) is 5.56 Å². The number of carbonyl (C=O) groups excluding carboxylic acids is 1. The lowest BCUT2D eigenvalue weighted by atomic mass is 10.1. The summed E-state index contributed by atoms with van der Waals surface area (Å²) in [7, 11) is 0. The van der Waals surface area contributed by atoms with Gasteiger partial charge < -0.3 is 0 Å². The Hall–Kier alpha value is -1.65. The van der Waals surface area contributed by atoms with Gasteiger partial charge in [0.1, 0.15) is 0 Å². The number of H-pyrrole nitrogens is 1. The number of hydrogen-bond donors (Lipinski definition) is 1. The van der Waals surface area contributed by atoms with Crippen LogP contribution in [0.4, 0.5) is 0 Å². The zero-order chi connectivity index (χ0) is 13.1. The van der Waals surface area contributed by atoms with Gasteiger partial charge in [0.05, 0.1) is 5.69 Å². The lowest BCUT2D eigenvalue weighted by Gasteiger charge is -1.98. The first-order valence-corrected chi connectivity index (χ1v) is 5.88. The Morgan fingerprint density at radius 1 is 1.33 bits per heavy atom. The molecule has 0 aliphatic heterocycles. The summed E-state index contributed by atoms with van der Waals surface area (Å²) in [6.07, 6.45) is 3.02. The quantitative estimate of drug-likeness (QED) is 0.694. The van der Waals surface area contributed by atoms with E-state index in [1.54, 1.807) is 31.2 Å². The van der Waals surface area contributed by atoms with E-state index in [9.17, 15) is 4.79 Å². The van der Waals surface area contributed by atoms with Gasteiger partial charge >= 0.3 is 0 Å². The maximum absolute atomic E-state index is 11.8. The summed E-state index contributed by atoms with van der Waals surface area (Å²) >= 11 is 11.8. The summed E-state index contributed by atoms with van der Waals surface area (Å²) < 4.78 is 0. The summed E-state index contributed by atoms with van der Waals surface area (Å²) in [5.41, 5.74) is 1.58. The van der Waals surface area contributed by atoms with Crippen LogP contribution in [0, 0.1) is 6.92 Å². The number of nitrogens with zero attached hydrogens (tertiary/aromatic N) is 2. The minimum atomic E-state index is -0.229. The van der Waals surface area contributed by atoms with Crippen molar-refractivity contribution in [3.63, 3.8) is 0 Å². The van der Waals surface area contributed by atoms with Crippen molar-refractivity contribution in [3.8, 4) is 0 Å². The number of allylic oxidation sites excluding steroid dienone is 1.